The Balaban J connectivity index is 1.46. The van der Waals surface area contributed by atoms with Crippen molar-refractivity contribution in [3.8, 4) is 0 Å². The fourth-order valence-corrected chi connectivity index (χ4v) is 5.54. The van der Waals surface area contributed by atoms with Gasteiger partial charge in [-0.25, -0.2) is 14.8 Å². The molecular weight excluding hydrogens is 480 g/mol. The van der Waals surface area contributed by atoms with Crippen molar-refractivity contribution in [2.24, 2.45) is 0 Å². The third kappa shape index (κ3) is 5.03. The summed E-state index contributed by atoms with van der Waals surface area (Å²) in [6, 6.07) is -0.0170. The van der Waals surface area contributed by atoms with Crippen LogP contribution < -0.4 is 5.56 Å². The average molecular weight is 515 g/mol. The van der Waals surface area contributed by atoms with Crippen LogP contribution in [-0.4, -0.2) is 69.5 Å². The first-order valence-corrected chi connectivity index (χ1v) is 13.8. The summed E-state index contributed by atoms with van der Waals surface area (Å²) in [6.07, 6.45) is 11.0. The van der Waals surface area contributed by atoms with Gasteiger partial charge in [0.15, 0.2) is 10.9 Å². The highest BCUT2D eigenvalue weighted by molar-refractivity contribution is 7.98. The lowest BCUT2D eigenvalue weighted by Crippen LogP contribution is -2.43. The van der Waals surface area contributed by atoms with Gasteiger partial charge in [-0.2, -0.15) is 0 Å². The van der Waals surface area contributed by atoms with Crippen LogP contribution in [0, 0.1) is 0 Å². The van der Waals surface area contributed by atoms with Crippen molar-refractivity contribution in [2.75, 3.05) is 32.6 Å². The Hall–Kier alpha value is -2.43. The number of piperidine rings is 1. The molecule has 2 aromatic rings. The minimum atomic E-state index is -0.533. The number of allylic oxidation sites excluding steroid dienone is 1. The largest absolute Gasteiger partial charge is 0.444 e. The van der Waals surface area contributed by atoms with E-state index in [9.17, 15) is 9.59 Å². The Morgan fingerprint density at radius 2 is 1.94 bits per heavy atom. The van der Waals surface area contributed by atoms with Crippen molar-refractivity contribution in [3.63, 3.8) is 0 Å². The zero-order valence-corrected chi connectivity index (χ0v) is 22.2. The number of amides is 1. The molecule has 194 valence electrons. The van der Waals surface area contributed by atoms with Gasteiger partial charge in [-0.1, -0.05) is 17.8 Å². The van der Waals surface area contributed by atoms with Gasteiger partial charge in [-0.3, -0.25) is 4.79 Å². The summed E-state index contributed by atoms with van der Waals surface area (Å²) in [6.45, 7) is 7.94. The molecule has 9 nitrogen and oxygen atoms in total. The number of hydrogen-bond acceptors (Lipinski definition) is 8. The van der Waals surface area contributed by atoms with Crippen molar-refractivity contribution in [1.29, 1.82) is 0 Å². The maximum absolute atomic E-state index is 13.6. The summed E-state index contributed by atoms with van der Waals surface area (Å²) < 4.78 is 19.2. The van der Waals surface area contributed by atoms with Crippen LogP contribution in [0.2, 0.25) is 0 Å². The van der Waals surface area contributed by atoms with Gasteiger partial charge >= 0.3 is 6.09 Å². The minimum absolute atomic E-state index is 0.0170. The molecular formula is C26H34N4O5S. The first-order chi connectivity index (χ1) is 17.2. The summed E-state index contributed by atoms with van der Waals surface area (Å²) >= 11 is 1.46. The third-order valence-electron chi connectivity index (χ3n) is 7.04. The molecule has 0 atom stereocenters. The number of hydrogen-bond donors (Lipinski definition) is 0. The second-order valence-electron chi connectivity index (χ2n) is 10.6. The molecule has 0 N–H and O–H groups in total. The molecule has 0 saturated carbocycles. The molecule has 2 aliphatic heterocycles. The van der Waals surface area contributed by atoms with Crippen LogP contribution >= 0.6 is 11.8 Å². The summed E-state index contributed by atoms with van der Waals surface area (Å²) in [5.41, 5.74) is 2.18. The number of ether oxygens (including phenoxy) is 3. The molecule has 0 bridgehead atoms. The number of thioether (sulfide) groups is 1. The Kier molecular flexibility index (Phi) is 6.86. The molecule has 0 radical (unpaired) electrons. The zero-order valence-electron chi connectivity index (χ0n) is 21.4. The van der Waals surface area contributed by atoms with Crippen LogP contribution in [0.3, 0.4) is 0 Å². The molecule has 1 amide bonds. The molecule has 0 aromatic carbocycles. The molecule has 2 saturated heterocycles. The van der Waals surface area contributed by atoms with E-state index in [1.807, 2.05) is 37.8 Å². The van der Waals surface area contributed by atoms with E-state index in [0.29, 0.717) is 61.6 Å². The van der Waals surface area contributed by atoms with E-state index < -0.39 is 11.4 Å². The Morgan fingerprint density at radius 1 is 1.22 bits per heavy atom. The summed E-state index contributed by atoms with van der Waals surface area (Å²) in [7, 11) is 0. The van der Waals surface area contributed by atoms with Crippen molar-refractivity contribution in [3.05, 3.63) is 34.4 Å². The molecule has 4 heterocycles. The van der Waals surface area contributed by atoms with Gasteiger partial charge in [-0.15, -0.1) is 0 Å². The van der Waals surface area contributed by atoms with Crippen molar-refractivity contribution in [1.82, 2.24) is 19.4 Å². The lowest BCUT2D eigenvalue weighted by Gasteiger charge is -2.34. The normalized spacial score (nSPS) is 20.7. The van der Waals surface area contributed by atoms with Crippen molar-refractivity contribution < 1.29 is 19.0 Å². The minimum Gasteiger partial charge on any atom is -0.444 e. The second kappa shape index (κ2) is 9.79. The van der Waals surface area contributed by atoms with E-state index >= 15 is 0 Å². The van der Waals surface area contributed by atoms with Gasteiger partial charge < -0.3 is 23.7 Å². The predicted molar refractivity (Wildman–Crippen MR) is 138 cm³/mol. The lowest BCUT2D eigenvalue weighted by atomic mass is 9.89. The quantitative estimate of drug-likeness (QED) is 0.439. The molecule has 5 rings (SSSR count). The number of nitrogens with zero attached hydrogens (tertiary/aromatic N) is 4. The van der Waals surface area contributed by atoms with Gasteiger partial charge in [0.05, 0.1) is 24.1 Å². The van der Waals surface area contributed by atoms with E-state index in [2.05, 4.69) is 11.1 Å². The highest BCUT2D eigenvalue weighted by atomic mass is 32.2. The molecule has 1 aliphatic carbocycles. The van der Waals surface area contributed by atoms with E-state index in [-0.39, 0.29) is 17.7 Å². The van der Waals surface area contributed by atoms with E-state index in [1.165, 1.54) is 11.8 Å². The van der Waals surface area contributed by atoms with Crippen LogP contribution in [-0.2, 0) is 14.2 Å². The summed E-state index contributed by atoms with van der Waals surface area (Å²) in [4.78, 5) is 37.0. The molecule has 1 spiro atoms. The third-order valence-corrected chi connectivity index (χ3v) is 7.60. The standard InChI is InChI=1S/C26H34N4O5S/c1-25(2,3)35-24(32)29-11-7-18(8-12-29)30-16-20(17-5-9-26(10-6-17)33-13-14-34-26)21-19(22(30)31)15-27-23(28-21)36-4/h5,15-16,18H,6-14H2,1-4H3. The van der Waals surface area contributed by atoms with Crippen molar-refractivity contribution >= 4 is 34.3 Å². The Labute approximate surface area is 215 Å². The molecule has 10 heteroatoms. The van der Waals surface area contributed by atoms with Gasteiger partial charge in [0, 0.05) is 49.9 Å². The number of rotatable bonds is 3. The Morgan fingerprint density at radius 3 is 2.56 bits per heavy atom. The maximum atomic E-state index is 13.6. The van der Waals surface area contributed by atoms with E-state index in [0.717, 1.165) is 24.0 Å². The molecule has 2 aromatic heterocycles. The van der Waals surface area contributed by atoms with Crippen LogP contribution in [0.4, 0.5) is 4.79 Å². The van der Waals surface area contributed by atoms with Crippen LogP contribution in [0.1, 0.15) is 64.5 Å². The van der Waals surface area contributed by atoms with Gasteiger partial charge in [0.2, 0.25) is 0 Å². The SMILES string of the molecule is CSc1ncc2c(=O)n(C3CCN(C(=O)OC(C)(C)C)CC3)cc(C3=CCC4(CC3)OCCO4)c2n1. The summed E-state index contributed by atoms with van der Waals surface area (Å²) in [5, 5.41) is 1.16. The van der Waals surface area contributed by atoms with Crippen LogP contribution in [0.15, 0.2) is 28.4 Å². The van der Waals surface area contributed by atoms with Gasteiger partial charge in [0.1, 0.15) is 5.60 Å². The number of likely N-dealkylation sites (tertiary alicyclic amines) is 1. The predicted octanol–water partition coefficient (Wildman–Crippen LogP) is 4.40. The average Bonchev–Trinajstić information content (AvgIpc) is 3.31. The maximum Gasteiger partial charge on any atom is 0.410 e. The van der Waals surface area contributed by atoms with Crippen LogP contribution in [0.5, 0.6) is 0 Å². The van der Waals surface area contributed by atoms with Gasteiger partial charge in [0.25, 0.3) is 5.56 Å². The number of carbonyl (C=O) groups excluding carboxylic acids is 1. The topological polar surface area (TPSA) is 95.8 Å². The first-order valence-electron chi connectivity index (χ1n) is 12.6. The summed E-state index contributed by atoms with van der Waals surface area (Å²) in [5.74, 6) is -0.512. The molecule has 3 aliphatic rings. The monoisotopic (exact) mass is 514 g/mol. The number of fused-ring (bicyclic) bond motifs is 1. The van der Waals surface area contributed by atoms with Gasteiger partial charge in [-0.05, 0) is 51.9 Å². The zero-order chi connectivity index (χ0) is 25.5. The lowest BCUT2D eigenvalue weighted by molar-refractivity contribution is -0.159. The number of carbonyl (C=O) groups is 1. The van der Waals surface area contributed by atoms with E-state index in [1.54, 1.807) is 11.1 Å². The fourth-order valence-electron chi connectivity index (χ4n) is 5.19. The molecule has 36 heavy (non-hydrogen) atoms. The highest BCUT2D eigenvalue weighted by Crippen LogP contribution is 2.39. The second-order valence-corrected chi connectivity index (χ2v) is 11.4. The fraction of sp³-hybridized carbons (Fsp3) is 0.615. The molecule has 0 unspecified atom stereocenters. The molecule has 2 fully saturated rings. The van der Waals surface area contributed by atoms with E-state index in [4.69, 9.17) is 19.2 Å². The van der Waals surface area contributed by atoms with Crippen molar-refractivity contribution in [2.45, 2.75) is 75.5 Å². The Bertz CT molecular complexity index is 1240. The smallest absolute Gasteiger partial charge is 0.410 e. The van der Waals surface area contributed by atoms with Crippen LogP contribution in [0.25, 0.3) is 16.5 Å². The highest BCUT2D eigenvalue weighted by Gasteiger charge is 2.38. The number of aromatic nitrogens is 3. The number of pyridine rings is 1. The first kappa shape index (κ1) is 25.2.